The van der Waals surface area contributed by atoms with Gasteiger partial charge in [0.1, 0.15) is 54.6 Å². The van der Waals surface area contributed by atoms with Crippen molar-refractivity contribution < 1.29 is 59.4 Å². The molecule has 4 saturated heterocycles. The van der Waals surface area contributed by atoms with E-state index in [9.17, 15) is 35.7 Å². The summed E-state index contributed by atoms with van der Waals surface area (Å²) in [7, 11) is 0. The predicted octanol–water partition coefficient (Wildman–Crippen LogP) is 1.02. The van der Waals surface area contributed by atoms with Crippen LogP contribution in [0.25, 0.3) is 0 Å². The molecule has 0 unspecified atom stereocenters. The third-order valence-electron chi connectivity index (χ3n) is 16.4. The first-order chi connectivity index (χ1) is 24.7. The van der Waals surface area contributed by atoms with E-state index in [1.54, 1.807) is 0 Å². The van der Waals surface area contributed by atoms with Crippen LogP contribution < -0.4 is 5.32 Å². The van der Waals surface area contributed by atoms with Gasteiger partial charge in [-0.3, -0.25) is 5.32 Å². The van der Waals surface area contributed by atoms with E-state index in [1.165, 1.54) is 32.1 Å². The molecule has 0 amide bonds. The Balaban J connectivity index is 0.892. The molecule has 0 aromatic rings. The summed E-state index contributed by atoms with van der Waals surface area (Å²) < 4.78 is 30.6. The van der Waals surface area contributed by atoms with Gasteiger partial charge in [-0.25, -0.2) is 0 Å². The summed E-state index contributed by atoms with van der Waals surface area (Å²) in [5.41, 5.74) is 0.377. The van der Waals surface area contributed by atoms with Gasteiger partial charge in [0.25, 0.3) is 0 Å². The Bertz CT molecular complexity index is 1270. The molecule has 8 N–H and O–H groups in total. The minimum atomic E-state index is -1.71. The molecule has 0 aromatic heterocycles. The van der Waals surface area contributed by atoms with Crippen LogP contribution in [0, 0.1) is 52.3 Å². The van der Waals surface area contributed by atoms with E-state index in [2.05, 4.69) is 33.0 Å². The summed E-state index contributed by atoms with van der Waals surface area (Å²) in [5, 5.41) is 76.7. The van der Waals surface area contributed by atoms with Crippen molar-refractivity contribution in [3.05, 3.63) is 0 Å². The van der Waals surface area contributed by atoms with E-state index in [0.717, 1.165) is 38.6 Å². The fourth-order valence-electron chi connectivity index (χ4n) is 13.4. The molecule has 8 rings (SSSR count). The van der Waals surface area contributed by atoms with Gasteiger partial charge in [-0.2, -0.15) is 0 Å². The SMILES string of the molecule is C[C@H]1CC[C@]2(NC1)O[C@H]1C[C@H]3[C@@H]4CC[C@H]5C[C@@H](O[C@@H]6O[C@H](CO)[C@H](O[C@@H]7O[C@H](CO)[C@@H](O)[C@H](O)[C@H]7O)[C@@H](O)[C@H]6O)CC[C@]5(C)[C@H]4CC[C@]3(C)[C@H]1[C@@H]2C. The lowest BCUT2D eigenvalue weighted by Gasteiger charge is -2.61. The Morgan fingerprint density at radius 2 is 1.38 bits per heavy atom. The fraction of sp³-hybridized carbons (Fsp3) is 1.00. The molecule has 8 aliphatic rings. The standard InChI is InChI=1S/C39H65NO12/c1-18-7-12-39(40-15-18)19(2)28-25(52-39)14-24-22-6-5-20-13-21(8-10-37(20,3)23(22)9-11-38(24,28)4)48-35-33(47)31(45)34(27(17-42)50-35)51-36-32(46)30(44)29(43)26(16-41)49-36/h18-36,40-47H,5-17H2,1-4H3/t18-,19-,20-,21-,22+,23-,24-,25-,26+,27+,28-,29+,30-,31-,32+,33+,34-,35+,36-,37-,38-,39-/m0/s1. The van der Waals surface area contributed by atoms with Gasteiger partial charge in [0.15, 0.2) is 12.6 Å². The van der Waals surface area contributed by atoms with Crippen molar-refractivity contribution >= 4 is 0 Å². The summed E-state index contributed by atoms with van der Waals surface area (Å²) in [6.07, 6.45) is -3.24. The molecule has 4 heterocycles. The Morgan fingerprint density at radius 3 is 2.10 bits per heavy atom. The van der Waals surface area contributed by atoms with Gasteiger partial charge in [0.05, 0.1) is 25.4 Å². The largest absolute Gasteiger partial charge is 0.394 e. The maximum atomic E-state index is 11.2. The first kappa shape index (κ1) is 38.4. The van der Waals surface area contributed by atoms with Gasteiger partial charge in [0, 0.05) is 12.5 Å². The summed E-state index contributed by atoms with van der Waals surface area (Å²) in [6.45, 7) is 9.74. The highest BCUT2D eigenvalue weighted by Crippen LogP contribution is 2.71. The highest BCUT2D eigenvalue weighted by Gasteiger charge is 2.68. The fourth-order valence-corrected chi connectivity index (χ4v) is 13.4. The Hall–Kier alpha value is -0.520. The summed E-state index contributed by atoms with van der Waals surface area (Å²) in [4.78, 5) is 0. The van der Waals surface area contributed by atoms with Crippen LogP contribution in [0.3, 0.4) is 0 Å². The average molecular weight is 740 g/mol. The van der Waals surface area contributed by atoms with Gasteiger partial charge < -0.3 is 59.4 Å². The van der Waals surface area contributed by atoms with E-state index >= 15 is 0 Å². The maximum absolute atomic E-state index is 11.2. The van der Waals surface area contributed by atoms with E-state index in [1.807, 2.05) is 0 Å². The van der Waals surface area contributed by atoms with Crippen LogP contribution in [-0.4, -0.2) is 135 Å². The molecule has 0 aromatic carbocycles. The molecule has 52 heavy (non-hydrogen) atoms. The lowest BCUT2D eigenvalue weighted by Crippen LogP contribution is -2.65. The van der Waals surface area contributed by atoms with Crippen molar-refractivity contribution in [2.75, 3.05) is 19.8 Å². The molecule has 13 heteroatoms. The Morgan fingerprint density at radius 1 is 0.692 bits per heavy atom. The van der Waals surface area contributed by atoms with Crippen LogP contribution in [0.15, 0.2) is 0 Å². The Kier molecular flexibility index (Phi) is 10.4. The topological polar surface area (TPSA) is 200 Å². The monoisotopic (exact) mass is 739 g/mol. The van der Waals surface area contributed by atoms with E-state index in [-0.39, 0.29) is 17.2 Å². The summed E-state index contributed by atoms with van der Waals surface area (Å²) in [6, 6.07) is 0. The number of fused-ring (bicyclic) bond motifs is 7. The van der Waals surface area contributed by atoms with Crippen molar-refractivity contribution in [2.24, 2.45) is 52.3 Å². The first-order valence-corrected chi connectivity index (χ1v) is 20.4. The summed E-state index contributed by atoms with van der Waals surface area (Å²) in [5.74, 6) is 4.38. The zero-order valence-corrected chi connectivity index (χ0v) is 31.3. The number of ether oxygens (including phenoxy) is 5. The predicted molar refractivity (Wildman–Crippen MR) is 185 cm³/mol. The highest BCUT2D eigenvalue weighted by molar-refractivity contribution is 5.16. The maximum Gasteiger partial charge on any atom is 0.187 e. The van der Waals surface area contributed by atoms with Crippen LogP contribution in [0.5, 0.6) is 0 Å². The molecular weight excluding hydrogens is 674 g/mol. The van der Waals surface area contributed by atoms with Crippen molar-refractivity contribution in [3.8, 4) is 0 Å². The van der Waals surface area contributed by atoms with Crippen LogP contribution in [0.2, 0.25) is 0 Å². The van der Waals surface area contributed by atoms with E-state index < -0.39 is 74.6 Å². The van der Waals surface area contributed by atoms with Crippen LogP contribution in [0.4, 0.5) is 0 Å². The smallest absolute Gasteiger partial charge is 0.187 e. The minimum Gasteiger partial charge on any atom is -0.394 e. The second-order valence-corrected chi connectivity index (χ2v) is 18.9. The molecule has 0 bridgehead atoms. The van der Waals surface area contributed by atoms with Crippen LogP contribution in [-0.2, 0) is 23.7 Å². The van der Waals surface area contributed by atoms with Crippen molar-refractivity contribution in [2.45, 2.75) is 171 Å². The molecule has 4 saturated carbocycles. The molecule has 4 aliphatic heterocycles. The number of aliphatic hydroxyl groups is 7. The molecule has 0 radical (unpaired) electrons. The third kappa shape index (κ3) is 5.98. The zero-order chi connectivity index (χ0) is 36.9. The Labute approximate surface area is 307 Å². The van der Waals surface area contributed by atoms with Gasteiger partial charge in [-0.05, 0) is 111 Å². The van der Waals surface area contributed by atoms with E-state index in [0.29, 0.717) is 52.9 Å². The second kappa shape index (κ2) is 14.1. The molecule has 4 aliphatic carbocycles. The third-order valence-corrected chi connectivity index (χ3v) is 16.4. The van der Waals surface area contributed by atoms with Gasteiger partial charge in [-0.1, -0.05) is 27.7 Å². The molecular formula is C39H65NO12. The molecule has 298 valence electrons. The second-order valence-electron chi connectivity index (χ2n) is 18.9. The lowest BCUT2D eigenvalue weighted by atomic mass is 9.44. The molecule has 8 fully saturated rings. The number of nitrogens with one attached hydrogen (secondary N) is 1. The van der Waals surface area contributed by atoms with Gasteiger partial charge in [0.2, 0.25) is 0 Å². The molecule has 1 spiro atoms. The number of rotatable bonds is 6. The van der Waals surface area contributed by atoms with Gasteiger partial charge >= 0.3 is 0 Å². The molecule has 13 nitrogen and oxygen atoms in total. The molecule has 22 atom stereocenters. The van der Waals surface area contributed by atoms with Crippen molar-refractivity contribution in [3.63, 3.8) is 0 Å². The normalized spacial score (nSPS) is 59.0. The quantitative estimate of drug-likeness (QED) is 0.180. The first-order valence-electron chi connectivity index (χ1n) is 20.4. The average Bonchev–Trinajstić information content (AvgIpc) is 3.58. The summed E-state index contributed by atoms with van der Waals surface area (Å²) >= 11 is 0. The highest BCUT2D eigenvalue weighted by atomic mass is 16.7. The van der Waals surface area contributed by atoms with Crippen LogP contribution in [0.1, 0.15) is 91.9 Å². The van der Waals surface area contributed by atoms with Crippen LogP contribution >= 0.6 is 0 Å². The van der Waals surface area contributed by atoms with Gasteiger partial charge in [-0.15, -0.1) is 0 Å². The van der Waals surface area contributed by atoms with E-state index in [4.69, 9.17) is 23.7 Å². The number of piperidine rings is 1. The number of hydrogen-bond donors (Lipinski definition) is 8. The minimum absolute atomic E-state index is 0.143. The van der Waals surface area contributed by atoms with Crippen molar-refractivity contribution in [1.29, 1.82) is 0 Å². The van der Waals surface area contributed by atoms with Crippen molar-refractivity contribution in [1.82, 2.24) is 5.32 Å². The zero-order valence-electron chi connectivity index (χ0n) is 31.3. The lowest BCUT2D eigenvalue weighted by molar-refractivity contribution is -0.364. The number of hydrogen-bond acceptors (Lipinski definition) is 13. The number of aliphatic hydroxyl groups excluding tert-OH is 7.